The van der Waals surface area contributed by atoms with Gasteiger partial charge in [0.15, 0.2) is 0 Å². The van der Waals surface area contributed by atoms with Crippen molar-refractivity contribution in [2.45, 2.75) is 38.6 Å². The third-order valence-corrected chi connectivity index (χ3v) is 4.66. The van der Waals surface area contributed by atoms with Crippen molar-refractivity contribution >= 4 is 27.5 Å². The molecule has 1 aliphatic rings. The summed E-state index contributed by atoms with van der Waals surface area (Å²) in [6.07, 6.45) is 4.09. The third-order valence-electron chi connectivity index (χ3n) is 3.61. The number of carbonyl (C=O) groups excluding carboxylic acids is 1. The minimum atomic E-state index is -0.0498. The van der Waals surface area contributed by atoms with Gasteiger partial charge in [0.25, 0.3) is 0 Å². The molecular formula is C14H19BrN2O. The van der Waals surface area contributed by atoms with Crippen molar-refractivity contribution in [1.82, 2.24) is 0 Å². The average molecular weight is 311 g/mol. The van der Waals surface area contributed by atoms with Crippen LogP contribution in [0.1, 0.15) is 31.2 Å². The first kappa shape index (κ1) is 13.6. The highest BCUT2D eigenvalue weighted by Gasteiger charge is 2.28. The highest BCUT2D eigenvalue weighted by atomic mass is 79.9. The Hall–Kier alpha value is -0.870. The van der Waals surface area contributed by atoms with Crippen molar-refractivity contribution in [3.63, 3.8) is 0 Å². The molecule has 0 aliphatic heterocycles. The van der Waals surface area contributed by atoms with E-state index in [1.165, 1.54) is 0 Å². The molecule has 2 atom stereocenters. The van der Waals surface area contributed by atoms with Gasteiger partial charge in [-0.3, -0.25) is 4.79 Å². The van der Waals surface area contributed by atoms with E-state index in [0.717, 1.165) is 41.4 Å². The Bertz CT molecular complexity index is 447. The smallest absolute Gasteiger partial charge is 0.229 e. The van der Waals surface area contributed by atoms with E-state index >= 15 is 0 Å². The maximum absolute atomic E-state index is 12.2. The van der Waals surface area contributed by atoms with E-state index in [1.807, 2.05) is 25.1 Å². The van der Waals surface area contributed by atoms with Crippen LogP contribution in [-0.2, 0) is 4.79 Å². The van der Waals surface area contributed by atoms with E-state index in [9.17, 15) is 4.79 Å². The van der Waals surface area contributed by atoms with Gasteiger partial charge in [0.1, 0.15) is 0 Å². The minimum absolute atomic E-state index is 0.00216. The molecule has 0 bridgehead atoms. The summed E-state index contributed by atoms with van der Waals surface area (Å²) in [4.78, 5) is 12.2. The zero-order valence-electron chi connectivity index (χ0n) is 10.6. The van der Waals surface area contributed by atoms with Crippen molar-refractivity contribution in [2.24, 2.45) is 11.7 Å². The van der Waals surface area contributed by atoms with Crippen molar-refractivity contribution in [2.75, 3.05) is 5.32 Å². The Morgan fingerprint density at radius 2 is 2.11 bits per heavy atom. The van der Waals surface area contributed by atoms with Crippen LogP contribution in [0.25, 0.3) is 0 Å². The van der Waals surface area contributed by atoms with Gasteiger partial charge in [0, 0.05) is 10.5 Å². The number of anilines is 1. The first-order valence-corrected chi connectivity index (χ1v) is 7.20. The molecule has 1 aliphatic carbocycles. The van der Waals surface area contributed by atoms with Crippen molar-refractivity contribution in [3.05, 3.63) is 28.2 Å². The summed E-state index contributed by atoms with van der Waals surface area (Å²) in [5, 5.41) is 2.99. The molecule has 0 heterocycles. The van der Waals surface area contributed by atoms with E-state index in [2.05, 4.69) is 21.2 Å². The molecule has 98 valence electrons. The lowest BCUT2D eigenvalue weighted by Crippen LogP contribution is -2.40. The van der Waals surface area contributed by atoms with Crippen LogP contribution < -0.4 is 11.1 Å². The lowest BCUT2D eigenvalue weighted by atomic mass is 9.84. The van der Waals surface area contributed by atoms with Crippen LogP contribution in [-0.4, -0.2) is 11.9 Å². The third kappa shape index (κ3) is 2.93. The lowest BCUT2D eigenvalue weighted by Gasteiger charge is -2.27. The Labute approximate surface area is 116 Å². The number of nitrogens with two attached hydrogens (primary N) is 1. The number of halogens is 1. The first-order valence-electron chi connectivity index (χ1n) is 6.41. The molecule has 1 fully saturated rings. The van der Waals surface area contributed by atoms with Gasteiger partial charge in [-0.2, -0.15) is 0 Å². The second kappa shape index (κ2) is 5.85. The quantitative estimate of drug-likeness (QED) is 0.881. The monoisotopic (exact) mass is 310 g/mol. The second-order valence-electron chi connectivity index (χ2n) is 4.98. The normalized spacial score (nSPS) is 23.7. The highest BCUT2D eigenvalue weighted by Crippen LogP contribution is 2.28. The Kier molecular flexibility index (Phi) is 4.40. The molecule has 3 nitrogen and oxygen atoms in total. The molecule has 1 amide bonds. The summed E-state index contributed by atoms with van der Waals surface area (Å²) < 4.78 is 0.947. The highest BCUT2D eigenvalue weighted by molar-refractivity contribution is 9.10. The standard InChI is InChI=1S/C14H19BrN2O/c1-9-5-4-8-12(13(9)15)17-14(18)10-6-2-3-7-11(10)16/h4-5,8,10-11H,2-3,6-7,16H2,1H3,(H,17,18). The van der Waals surface area contributed by atoms with Gasteiger partial charge < -0.3 is 11.1 Å². The predicted molar refractivity (Wildman–Crippen MR) is 77.4 cm³/mol. The number of rotatable bonds is 2. The number of amides is 1. The average Bonchev–Trinajstić information content (AvgIpc) is 2.35. The van der Waals surface area contributed by atoms with Crippen LogP contribution >= 0.6 is 15.9 Å². The summed E-state index contributed by atoms with van der Waals surface area (Å²) in [7, 11) is 0. The number of hydrogen-bond acceptors (Lipinski definition) is 2. The SMILES string of the molecule is Cc1cccc(NC(=O)C2CCCCC2N)c1Br. The zero-order valence-corrected chi connectivity index (χ0v) is 12.2. The predicted octanol–water partition coefficient (Wildman–Crippen LogP) is 3.21. The Morgan fingerprint density at radius 1 is 1.39 bits per heavy atom. The van der Waals surface area contributed by atoms with Gasteiger partial charge in [-0.15, -0.1) is 0 Å². The second-order valence-corrected chi connectivity index (χ2v) is 5.77. The zero-order chi connectivity index (χ0) is 13.1. The fourth-order valence-electron chi connectivity index (χ4n) is 2.45. The molecule has 18 heavy (non-hydrogen) atoms. The van der Waals surface area contributed by atoms with Crippen LogP contribution in [0.5, 0.6) is 0 Å². The maximum Gasteiger partial charge on any atom is 0.229 e. The summed E-state index contributed by atoms with van der Waals surface area (Å²) in [6.45, 7) is 2.01. The van der Waals surface area contributed by atoms with Crippen molar-refractivity contribution in [1.29, 1.82) is 0 Å². The van der Waals surface area contributed by atoms with Crippen LogP contribution in [0, 0.1) is 12.8 Å². The molecule has 1 aromatic carbocycles. The Morgan fingerprint density at radius 3 is 2.83 bits per heavy atom. The van der Waals surface area contributed by atoms with Crippen molar-refractivity contribution < 1.29 is 4.79 Å². The molecule has 0 spiro atoms. The molecule has 1 saturated carbocycles. The number of aryl methyl sites for hydroxylation is 1. The van der Waals surface area contributed by atoms with Crippen LogP contribution in [0.4, 0.5) is 5.69 Å². The molecule has 3 N–H and O–H groups in total. The van der Waals surface area contributed by atoms with Crippen LogP contribution in [0.2, 0.25) is 0 Å². The van der Waals surface area contributed by atoms with E-state index in [4.69, 9.17) is 5.73 Å². The van der Waals surface area contributed by atoms with Gasteiger partial charge in [0.05, 0.1) is 11.6 Å². The molecular weight excluding hydrogens is 292 g/mol. The van der Waals surface area contributed by atoms with Crippen LogP contribution in [0.15, 0.2) is 22.7 Å². The Balaban J connectivity index is 2.09. The number of benzene rings is 1. The van der Waals surface area contributed by atoms with Gasteiger partial charge in [-0.1, -0.05) is 25.0 Å². The number of carbonyl (C=O) groups is 1. The van der Waals surface area contributed by atoms with E-state index in [-0.39, 0.29) is 17.9 Å². The largest absolute Gasteiger partial charge is 0.327 e. The van der Waals surface area contributed by atoms with E-state index in [1.54, 1.807) is 0 Å². The fourth-order valence-corrected chi connectivity index (χ4v) is 2.82. The van der Waals surface area contributed by atoms with E-state index < -0.39 is 0 Å². The molecule has 4 heteroatoms. The van der Waals surface area contributed by atoms with Gasteiger partial charge in [-0.05, 0) is 47.3 Å². The fraction of sp³-hybridized carbons (Fsp3) is 0.500. The topological polar surface area (TPSA) is 55.1 Å². The molecule has 0 saturated heterocycles. The van der Waals surface area contributed by atoms with Crippen molar-refractivity contribution in [3.8, 4) is 0 Å². The number of nitrogens with one attached hydrogen (secondary N) is 1. The molecule has 0 radical (unpaired) electrons. The molecule has 0 aromatic heterocycles. The summed E-state index contributed by atoms with van der Waals surface area (Å²) in [5.41, 5.74) is 7.97. The maximum atomic E-state index is 12.2. The molecule has 2 unspecified atom stereocenters. The molecule has 1 aromatic rings. The van der Waals surface area contributed by atoms with Gasteiger partial charge >= 0.3 is 0 Å². The van der Waals surface area contributed by atoms with Gasteiger partial charge in [0.2, 0.25) is 5.91 Å². The summed E-state index contributed by atoms with van der Waals surface area (Å²) in [6, 6.07) is 5.86. The number of hydrogen-bond donors (Lipinski definition) is 2. The summed E-state index contributed by atoms with van der Waals surface area (Å²) >= 11 is 3.50. The first-order chi connectivity index (χ1) is 8.59. The lowest BCUT2D eigenvalue weighted by molar-refractivity contribution is -0.121. The van der Waals surface area contributed by atoms with Crippen LogP contribution in [0.3, 0.4) is 0 Å². The van der Waals surface area contributed by atoms with Gasteiger partial charge in [-0.25, -0.2) is 0 Å². The molecule has 2 rings (SSSR count). The minimum Gasteiger partial charge on any atom is -0.327 e. The van der Waals surface area contributed by atoms with E-state index in [0.29, 0.717) is 0 Å². The summed E-state index contributed by atoms with van der Waals surface area (Å²) in [5.74, 6) is -0.000313.